The number of carbonyl (C=O) groups is 2. The number of fused-ring (bicyclic) bond motifs is 2. The Hall–Kier alpha value is -1.10. The van der Waals surface area contributed by atoms with Crippen LogP contribution in [0.2, 0.25) is 0 Å². The molecule has 3 N–H and O–H groups in total. The smallest absolute Gasteiger partial charge is 0.308 e. The van der Waals surface area contributed by atoms with Crippen molar-refractivity contribution < 1.29 is 14.7 Å². The van der Waals surface area contributed by atoms with Gasteiger partial charge in [-0.1, -0.05) is 19.3 Å². The highest BCUT2D eigenvalue weighted by Crippen LogP contribution is 2.45. The molecule has 118 valence electrons. The third-order valence-corrected chi connectivity index (χ3v) is 6.02. The summed E-state index contributed by atoms with van der Waals surface area (Å²) >= 11 is 0. The van der Waals surface area contributed by atoms with Crippen molar-refractivity contribution in [2.24, 2.45) is 17.1 Å². The molecule has 21 heavy (non-hydrogen) atoms. The maximum absolute atomic E-state index is 12.8. The average Bonchev–Trinajstić information content (AvgIpc) is 3.06. The standard InChI is InChI=1S/C16H26N2O3/c17-10-16(6-2-1-3-7-16)9-14(19)18-11-4-5-13(18)12(8-11)15(20)21/h11-13H,1-10,17H2,(H,20,21). The Morgan fingerprint density at radius 2 is 1.90 bits per heavy atom. The normalized spacial score (nSPS) is 34.1. The van der Waals surface area contributed by atoms with Gasteiger partial charge in [0.25, 0.3) is 0 Å². The second-order valence-corrected chi connectivity index (χ2v) is 7.22. The van der Waals surface area contributed by atoms with Gasteiger partial charge in [0.1, 0.15) is 0 Å². The van der Waals surface area contributed by atoms with E-state index in [1.54, 1.807) is 0 Å². The second-order valence-electron chi connectivity index (χ2n) is 7.22. The van der Waals surface area contributed by atoms with Crippen LogP contribution in [0, 0.1) is 11.3 Å². The van der Waals surface area contributed by atoms with Crippen molar-refractivity contribution >= 4 is 11.9 Å². The first-order valence-corrected chi connectivity index (χ1v) is 8.30. The van der Waals surface area contributed by atoms with Crippen molar-refractivity contribution in [1.82, 2.24) is 4.90 Å². The van der Waals surface area contributed by atoms with Gasteiger partial charge in [0.2, 0.25) is 5.91 Å². The molecular weight excluding hydrogens is 268 g/mol. The Morgan fingerprint density at radius 3 is 2.48 bits per heavy atom. The van der Waals surface area contributed by atoms with Crippen LogP contribution in [-0.4, -0.2) is 40.5 Å². The zero-order chi connectivity index (χ0) is 15.0. The molecule has 2 saturated heterocycles. The molecule has 0 aromatic carbocycles. The van der Waals surface area contributed by atoms with Crippen LogP contribution >= 0.6 is 0 Å². The van der Waals surface area contributed by atoms with Gasteiger partial charge in [0, 0.05) is 18.5 Å². The van der Waals surface area contributed by atoms with Gasteiger partial charge in [-0.25, -0.2) is 0 Å². The van der Waals surface area contributed by atoms with Crippen LogP contribution in [0.5, 0.6) is 0 Å². The van der Waals surface area contributed by atoms with Crippen LogP contribution in [0.15, 0.2) is 0 Å². The highest BCUT2D eigenvalue weighted by atomic mass is 16.4. The summed E-state index contributed by atoms with van der Waals surface area (Å²) in [5, 5.41) is 9.30. The Labute approximate surface area is 125 Å². The van der Waals surface area contributed by atoms with E-state index in [4.69, 9.17) is 5.73 Å². The van der Waals surface area contributed by atoms with E-state index in [1.807, 2.05) is 4.90 Å². The Bertz CT molecular complexity index is 431. The number of amides is 1. The first-order chi connectivity index (χ1) is 10.1. The molecule has 1 aliphatic carbocycles. The SMILES string of the molecule is NCC1(CC(=O)N2C3CCC2C(C(=O)O)C3)CCCCC1. The van der Waals surface area contributed by atoms with E-state index >= 15 is 0 Å². The zero-order valence-electron chi connectivity index (χ0n) is 12.6. The molecule has 0 aromatic rings. The fourth-order valence-electron chi connectivity index (χ4n) is 4.81. The number of carboxylic acids is 1. The fourth-order valence-corrected chi connectivity index (χ4v) is 4.81. The molecule has 3 unspecified atom stereocenters. The Kier molecular flexibility index (Phi) is 3.95. The van der Waals surface area contributed by atoms with Gasteiger partial charge >= 0.3 is 5.97 Å². The van der Waals surface area contributed by atoms with E-state index in [9.17, 15) is 14.7 Å². The minimum absolute atomic E-state index is 0.0317. The lowest BCUT2D eigenvalue weighted by Crippen LogP contribution is -2.43. The molecule has 0 spiro atoms. The highest BCUT2D eigenvalue weighted by Gasteiger charge is 2.52. The average molecular weight is 294 g/mol. The van der Waals surface area contributed by atoms with Crippen molar-refractivity contribution in [3.63, 3.8) is 0 Å². The monoisotopic (exact) mass is 294 g/mol. The number of carbonyl (C=O) groups excluding carboxylic acids is 1. The van der Waals surface area contributed by atoms with E-state index in [1.165, 1.54) is 6.42 Å². The number of nitrogens with zero attached hydrogens (tertiary/aromatic N) is 1. The van der Waals surface area contributed by atoms with Gasteiger partial charge in [-0.05, 0) is 44.1 Å². The maximum Gasteiger partial charge on any atom is 0.308 e. The van der Waals surface area contributed by atoms with Crippen molar-refractivity contribution in [3.05, 3.63) is 0 Å². The van der Waals surface area contributed by atoms with Crippen molar-refractivity contribution in [3.8, 4) is 0 Å². The molecule has 3 atom stereocenters. The molecule has 2 aliphatic heterocycles. The van der Waals surface area contributed by atoms with Gasteiger partial charge < -0.3 is 15.7 Å². The van der Waals surface area contributed by atoms with Gasteiger partial charge in [-0.3, -0.25) is 9.59 Å². The predicted octanol–water partition coefficient (Wildman–Crippen LogP) is 1.75. The minimum Gasteiger partial charge on any atom is -0.481 e. The van der Waals surface area contributed by atoms with Crippen LogP contribution < -0.4 is 5.73 Å². The summed E-state index contributed by atoms with van der Waals surface area (Å²) in [4.78, 5) is 26.0. The molecule has 5 nitrogen and oxygen atoms in total. The van der Waals surface area contributed by atoms with Crippen LogP contribution in [0.4, 0.5) is 0 Å². The van der Waals surface area contributed by atoms with Crippen LogP contribution in [0.3, 0.4) is 0 Å². The second kappa shape index (κ2) is 5.59. The molecule has 1 saturated carbocycles. The molecule has 3 aliphatic rings. The van der Waals surface area contributed by atoms with Crippen LogP contribution in [-0.2, 0) is 9.59 Å². The first kappa shape index (κ1) is 14.8. The Morgan fingerprint density at radius 1 is 1.19 bits per heavy atom. The van der Waals surface area contributed by atoms with Crippen LogP contribution in [0.1, 0.15) is 57.8 Å². The molecule has 5 heteroatoms. The summed E-state index contributed by atoms with van der Waals surface area (Å²) in [6.45, 7) is 0.574. The number of aliphatic carboxylic acids is 1. The maximum atomic E-state index is 12.8. The van der Waals surface area contributed by atoms with Gasteiger partial charge in [0.05, 0.1) is 5.92 Å². The van der Waals surface area contributed by atoms with E-state index in [-0.39, 0.29) is 29.3 Å². The first-order valence-electron chi connectivity index (χ1n) is 8.30. The van der Waals surface area contributed by atoms with Crippen molar-refractivity contribution in [1.29, 1.82) is 0 Å². The predicted molar refractivity (Wildman–Crippen MR) is 78.6 cm³/mol. The number of rotatable bonds is 4. The van der Waals surface area contributed by atoms with Gasteiger partial charge in [0.15, 0.2) is 0 Å². The topological polar surface area (TPSA) is 83.6 Å². The molecular formula is C16H26N2O3. The summed E-state index contributed by atoms with van der Waals surface area (Å²) in [6, 6.07) is 0.0837. The molecule has 3 rings (SSSR count). The van der Waals surface area contributed by atoms with E-state index in [0.717, 1.165) is 38.5 Å². The molecule has 0 aromatic heterocycles. The quantitative estimate of drug-likeness (QED) is 0.827. The van der Waals surface area contributed by atoms with Crippen LogP contribution in [0.25, 0.3) is 0 Å². The van der Waals surface area contributed by atoms with Gasteiger partial charge in [-0.2, -0.15) is 0 Å². The van der Waals surface area contributed by atoms with E-state index < -0.39 is 5.97 Å². The summed E-state index contributed by atoms with van der Waals surface area (Å²) < 4.78 is 0. The number of hydrogen-bond acceptors (Lipinski definition) is 3. The van der Waals surface area contributed by atoms with Crippen molar-refractivity contribution in [2.45, 2.75) is 69.9 Å². The molecule has 0 radical (unpaired) electrons. The summed E-state index contributed by atoms with van der Waals surface area (Å²) in [5.74, 6) is -0.947. The molecule has 2 heterocycles. The van der Waals surface area contributed by atoms with E-state index in [0.29, 0.717) is 19.4 Å². The fraction of sp³-hybridized carbons (Fsp3) is 0.875. The lowest BCUT2D eigenvalue weighted by Gasteiger charge is -2.37. The van der Waals surface area contributed by atoms with E-state index in [2.05, 4.69) is 0 Å². The number of nitrogens with two attached hydrogens (primary N) is 1. The lowest BCUT2D eigenvalue weighted by atomic mass is 9.71. The molecule has 3 fully saturated rings. The number of hydrogen-bond donors (Lipinski definition) is 2. The van der Waals surface area contributed by atoms with Gasteiger partial charge in [-0.15, -0.1) is 0 Å². The van der Waals surface area contributed by atoms with Crippen molar-refractivity contribution in [2.75, 3.05) is 6.54 Å². The third-order valence-electron chi connectivity index (χ3n) is 6.02. The summed E-state index contributed by atoms with van der Waals surface area (Å²) in [6.07, 6.45) is 8.63. The largest absolute Gasteiger partial charge is 0.481 e. The molecule has 1 amide bonds. The minimum atomic E-state index is -0.744. The number of carboxylic acid groups (broad SMARTS) is 1. The highest BCUT2D eigenvalue weighted by molar-refractivity contribution is 5.81. The third kappa shape index (κ3) is 2.56. The lowest BCUT2D eigenvalue weighted by molar-refractivity contribution is -0.143. The Balaban J connectivity index is 1.70. The summed E-state index contributed by atoms with van der Waals surface area (Å²) in [7, 11) is 0. The summed E-state index contributed by atoms with van der Waals surface area (Å²) in [5.41, 5.74) is 5.95. The molecule has 2 bridgehead atoms. The zero-order valence-corrected chi connectivity index (χ0v) is 12.6.